The van der Waals surface area contributed by atoms with Crippen LogP contribution < -0.4 is 4.74 Å². The Labute approximate surface area is 198 Å². The molecule has 4 rings (SSSR count). The number of ether oxygens (including phenoxy) is 1. The number of aryl methyl sites for hydroxylation is 1. The summed E-state index contributed by atoms with van der Waals surface area (Å²) < 4.78 is 5.33. The van der Waals surface area contributed by atoms with Crippen LogP contribution >= 0.6 is 11.3 Å². The maximum Gasteiger partial charge on any atom is 0.308 e. The Kier molecular flexibility index (Phi) is 7.96. The number of hydrogen-bond donors (Lipinski definition) is 2. The number of carbonyl (C=O) groups is 1. The number of aliphatic hydroxyl groups excluding tert-OH is 1. The van der Waals surface area contributed by atoms with Gasteiger partial charge in [-0.05, 0) is 103 Å². The zero-order chi connectivity index (χ0) is 23.2. The molecule has 7 heteroatoms. The second-order valence-corrected chi connectivity index (χ2v) is 9.69. The molecule has 1 fully saturated rings. The zero-order valence-corrected chi connectivity index (χ0v) is 19.8. The monoisotopic (exact) mass is 468 g/mol. The lowest BCUT2D eigenvalue weighted by Crippen LogP contribution is -2.44. The van der Waals surface area contributed by atoms with Crippen molar-refractivity contribution in [3.8, 4) is 5.75 Å². The van der Waals surface area contributed by atoms with Crippen molar-refractivity contribution in [2.45, 2.75) is 38.2 Å². The molecule has 0 radical (unpaired) electrons. The highest BCUT2D eigenvalue weighted by atomic mass is 32.1. The van der Waals surface area contributed by atoms with Crippen LogP contribution in [0.3, 0.4) is 0 Å². The molecule has 1 aromatic carbocycles. The van der Waals surface area contributed by atoms with Gasteiger partial charge < -0.3 is 19.8 Å². The van der Waals surface area contributed by atoms with Crippen molar-refractivity contribution in [1.82, 2.24) is 9.88 Å². The van der Waals surface area contributed by atoms with Gasteiger partial charge in [-0.15, -0.1) is 0 Å². The Hall–Kier alpha value is -2.48. The maximum atomic E-state index is 12.0. The topological polar surface area (TPSA) is 82.9 Å². The van der Waals surface area contributed by atoms with E-state index in [1.54, 1.807) is 24.6 Å². The van der Waals surface area contributed by atoms with Gasteiger partial charge in [0.25, 0.3) is 0 Å². The summed E-state index contributed by atoms with van der Waals surface area (Å²) in [6.07, 6.45) is 5.20. The SMILES string of the molecule is COc1ccc2nccc([C@@H](O)CC[C@@H]3CCN(CCCc4ccsc4)C[C@@H]3C(=O)O)c2c1. The fourth-order valence-corrected chi connectivity index (χ4v) is 5.63. The van der Waals surface area contributed by atoms with E-state index in [4.69, 9.17) is 4.74 Å². The van der Waals surface area contributed by atoms with Crippen LogP contribution in [0.1, 0.15) is 42.9 Å². The summed E-state index contributed by atoms with van der Waals surface area (Å²) in [5.41, 5.74) is 2.99. The van der Waals surface area contributed by atoms with Gasteiger partial charge in [-0.3, -0.25) is 9.78 Å². The van der Waals surface area contributed by atoms with Crippen LogP contribution in [-0.4, -0.2) is 52.8 Å². The minimum atomic E-state index is -0.726. The summed E-state index contributed by atoms with van der Waals surface area (Å²) in [6, 6.07) is 9.65. The average Bonchev–Trinajstić information content (AvgIpc) is 3.35. The fraction of sp³-hybridized carbons (Fsp3) is 0.462. The van der Waals surface area contributed by atoms with E-state index in [0.29, 0.717) is 19.4 Å². The van der Waals surface area contributed by atoms with Crippen LogP contribution in [-0.2, 0) is 11.2 Å². The summed E-state index contributed by atoms with van der Waals surface area (Å²) in [5.74, 6) is -0.313. The highest BCUT2D eigenvalue weighted by molar-refractivity contribution is 7.07. The van der Waals surface area contributed by atoms with E-state index in [1.807, 2.05) is 24.3 Å². The Morgan fingerprint density at radius 2 is 2.21 bits per heavy atom. The van der Waals surface area contributed by atoms with Gasteiger partial charge in [-0.1, -0.05) is 0 Å². The first-order valence-electron chi connectivity index (χ1n) is 11.6. The van der Waals surface area contributed by atoms with E-state index in [1.165, 1.54) is 5.56 Å². The first kappa shape index (κ1) is 23.7. The van der Waals surface area contributed by atoms with Crippen molar-refractivity contribution in [2.24, 2.45) is 11.8 Å². The van der Waals surface area contributed by atoms with Crippen LogP contribution in [0.5, 0.6) is 5.75 Å². The summed E-state index contributed by atoms with van der Waals surface area (Å²) in [6.45, 7) is 2.44. The first-order valence-corrected chi connectivity index (χ1v) is 12.6. The van der Waals surface area contributed by atoms with Crippen LogP contribution in [0.15, 0.2) is 47.3 Å². The summed E-state index contributed by atoms with van der Waals surface area (Å²) in [7, 11) is 1.62. The second-order valence-electron chi connectivity index (χ2n) is 8.91. The largest absolute Gasteiger partial charge is 0.497 e. The molecular weight excluding hydrogens is 436 g/mol. The molecule has 6 nitrogen and oxygen atoms in total. The quantitative estimate of drug-likeness (QED) is 0.446. The number of piperidine rings is 1. The number of thiophene rings is 1. The molecule has 33 heavy (non-hydrogen) atoms. The standard InChI is InChI=1S/C26H32N2O4S/c1-32-20-5-6-24-22(15-20)21(8-11-27-24)25(29)7-4-19-9-13-28(16-23(19)26(30)31)12-2-3-18-10-14-33-17-18/h5-6,8,10-11,14-15,17,19,23,25,29H,2-4,7,9,12-13,16H2,1H3,(H,30,31)/t19-,23+,25+/m1/s1. The van der Waals surface area contributed by atoms with Crippen LogP contribution in [0.25, 0.3) is 10.9 Å². The van der Waals surface area contributed by atoms with Crippen molar-refractivity contribution in [1.29, 1.82) is 0 Å². The number of nitrogens with zero attached hydrogens (tertiary/aromatic N) is 2. The summed E-state index contributed by atoms with van der Waals surface area (Å²) in [4.78, 5) is 18.7. The van der Waals surface area contributed by atoms with E-state index < -0.39 is 12.1 Å². The molecule has 0 spiro atoms. The molecule has 1 saturated heterocycles. The number of likely N-dealkylation sites (tertiary alicyclic amines) is 1. The van der Waals surface area contributed by atoms with Crippen LogP contribution in [0.4, 0.5) is 0 Å². The predicted octanol–water partition coefficient (Wildman–Crippen LogP) is 4.77. The molecule has 0 unspecified atom stereocenters. The molecule has 3 heterocycles. The summed E-state index contributed by atoms with van der Waals surface area (Å²) >= 11 is 1.72. The molecule has 2 N–H and O–H groups in total. The number of hydrogen-bond acceptors (Lipinski definition) is 6. The first-order chi connectivity index (χ1) is 16.0. The van der Waals surface area contributed by atoms with Crippen molar-refractivity contribution in [2.75, 3.05) is 26.7 Å². The van der Waals surface area contributed by atoms with Gasteiger partial charge in [0.05, 0.1) is 24.6 Å². The van der Waals surface area contributed by atoms with Crippen molar-refractivity contribution < 1.29 is 19.7 Å². The van der Waals surface area contributed by atoms with Gasteiger partial charge in [-0.25, -0.2) is 0 Å². The highest BCUT2D eigenvalue weighted by Crippen LogP contribution is 2.33. The third-order valence-corrected chi connectivity index (χ3v) is 7.56. The van der Waals surface area contributed by atoms with E-state index in [0.717, 1.165) is 54.6 Å². The van der Waals surface area contributed by atoms with Gasteiger partial charge >= 0.3 is 5.97 Å². The normalized spacial score (nSPS) is 20.1. The number of methoxy groups -OCH3 is 1. The summed E-state index contributed by atoms with van der Waals surface area (Å²) in [5, 5.41) is 26.0. The molecule has 3 atom stereocenters. The Balaban J connectivity index is 1.34. The lowest BCUT2D eigenvalue weighted by atomic mass is 9.81. The Bertz CT molecular complexity index is 1060. The van der Waals surface area contributed by atoms with E-state index in [2.05, 4.69) is 26.7 Å². The molecule has 3 aromatic rings. The zero-order valence-electron chi connectivity index (χ0n) is 19.0. The number of rotatable bonds is 10. The van der Waals surface area contributed by atoms with E-state index >= 15 is 0 Å². The van der Waals surface area contributed by atoms with Crippen LogP contribution in [0, 0.1) is 11.8 Å². The molecule has 1 aliphatic heterocycles. The average molecular weight is 469 g/mol. The molecule has 176 valence electrons. The molecule has 0 bridgehead atoms. The maximum absolute atomic E-state index is 12.0. The van der Waals surface area contributed by atoms with Crippen molar-refractivity contribution in [3.05, 3.63) is 58.4 Å². The Morgan fingerprint density at radius 3 is 2.97 bits per heavy atom. The molecule has 2 aromatic heterocycles. The van der Waals surface area contributed by atoms with E-state index in [9.17, 15) is 15.0 Å². The predicted molar refractivity (Wildman–Crippen MR) is 131 cm³/mol. The fourth-order valence-electron chi connectivity index (χ4n) is 4.93. The van der Waals surface area contributed by atoms with Gasteiger partial charge in [0.1, 0.15) is 5.75 Å². The third kappa shape index (κ3) is 5.91. The second kappa shape index (κ2) is 11.1. The number of pyridine rings is 1. The van der Waals surface area contributed by atoms with Crippen LogP contribution in [0.2, 0.25) is 0 Å². The van der Waals surface area contributed by atoms with Gasteiger partial charge in [0, 0.05) is 18.1 Å². The third-order valence-electron chi connectivity index (χ3n) is 6.83. The van der Waals surface area contributed by atoms with Gasteiger partial charge in [0.2, 0.25) is 0 Å². The number of benzene rings is 1. The smallest absolute Gasteiger partial charge is 0.308 e. The highest BCUT2D eigenvalue weighted by Gasteiger charge is 2.34. The molecule has 0 aliphatic carbocycles. The van der Waals surface area contributed by atoms with Gasteiger partial charge in [-0.2, -0.15) is 11.3 Å². The molecule has 0 amide bonds. The number of aromatic nitrogens is 1. The van der Waals surface area contributed by atoms with E-state index in [-0.39, 0.29) is 11.8 Å². The minimum Gasteiger partial charge on any atom is -0.497 e. The van der Waals surface area contributed by atoms with Crippen molar-refractivity contribution in [3.63, 3.8) is 0 Å². The number of aliphatic carboxylic acids is 1. The number of fused-ring (bicyclic) bond motifs is 1. The molecule has 0 saturated carbocycles. The Morgan fingerprint density at radius 1 is 1.33 bits per heavy atom. The number of carboxylic acid groups (broad SMARTS) is 1. The lowest BCUT2D eigenvalue weighted by molar-refractivity contribution is -0.146. The van der Waals surface area contributed by atoms with Gasteiger partial charge in [0.15, 0.2) is 0 Å². The lowest BCUT2D eigenvalue weighted by Gasteiger charge is -2.37. The number of carboxylic acids is 1. The van der Waals surface area contributed by atoms with Crippen molar-refractivity contribution >= 4 is 28.2 Å². The molecule has 1 aliphatic rings. The minimum absolute atomic E-state index is 0.0768. The number of aliphatic hydroxyl groups is 1. The molecular formula is C26H32N2O4S.